The van der Waals surface area contributed by atoms with Crippen molar-refractivity contribution in [3.63, 3.8) is 0 Å². The van der Waals surface area contributed by atoms with Gasteiger partial charge in [0.15, 0.2) is 0 Å². The zero-order valence-electron chi connectivity index (χ0n) is 12.7. The summed E-state index contributed by atoms with van der Waals surface area (Å²) in [6.45, 7) is 0. The number of hydrogen-bond donors (Lipinski definition) is 3. The first kappa shape index (κ1) is 16.7. The predicted molar refractivity (Wildman–Crippen MR) is 82.4 cm³/mol. The van der Waals surface area contributed by atoms with Crippen LogP contribution in [-0.4, -0.2) is 29.5 Å². The van der Waals surface area contributed by atoms with Crippen LogP contribution < -0.4 is 15.6 Å². The SMILES string of the molecule is O=C(N[C@@]1(C(F)(F)F)[NH+]=C(c2ccccc2)NC1=O)c1ccccc1. The molecule has 25 heavy (non-hydrogen) atoms. The van der Waals surface area contributed by atoms with Crippen LogP contribution in [0.5, 0.6) is 0 Å². The van der Waals surface area contributed by atoms with Crippen molar-refractivity contribution >= 4 is 17.6 Å². The van der Waals surface area contributed by atoms with Crippen LogP contribution in [0, 0.1) is 0 Å². The summed E-state index contributed by atoms with van der Waals surface area (Å²) in [4.78, 5) is 26.5. The van der Waals surface area contributed by atoms with Gasteiger partial charge in [-0.25, -0.2) is 15.1 Å². The molecule has 8 heteroatoms. The molecule has 0 aliphatic carbocycles. The lowest BCUT2D eigenvalue weighted by Crippen LogP contribution is -2.96. The fraction of sp³-hybridized carbons (Fsp3) is 0.118. The third kappa shape index (κ3) is 2.98. The number of rotatable bonds is 3. The van der Waals surface area contributed by atoms with Gasteiger partial charge in [-0.1, -0.05) is 36.4 Å². The second-order valence-electron chi connectivity index (χ2n) is 5.39. The van der Waals surface area contributed by atoms with Gasteiger partial charge in [-0.2, -0.15) is 13.2 Å². The minimum atomic E-state index is -5.06. The third-order valence-electron chi connectivity index (χ3n) is 3.72. The zero-order chi connectivity index (χ0) is 18.1. The summed E-state index contributed by atoms with van der Waals surface area (Å²) in [6.07, 6.45) is -5.06. The van der Waals surface area contributed by atoms with Crippen LogP contribution in [0.4, 0.5) is 13.2 Å². The van der Waals surface area contributed by atoms with Crippen molar-refractivity contribution in [1.82, 2.24) is 10.6 Å². The Morgan fingerprint density at radius 1 is 1.00 bits per heavy atom. The number of hydrogen-bond acceptors (Lipinski definition) is 2. The first-order valence-electron chi connectivity index (χ1n) is 7.30. The Morgan fingerprint density at radius 3 is 2.12 bits per heavy atom. The van der Waals surface area contributed by atoms with Crippen molar-refractivity contribution in [3.05, 3.63) is 71.8 Å². The van der Waals surface area contributed by atoms with Gasteiger partial charge in [-0.3, -0.25) is 10.1 Å². The van der Waals surface area contributed by atoms with Crippen LogP contribution in [0.15, 0.2) is 60.7 Å². The molecule has 0 unspecified atom stereocenters. The highest BCUT2D eigenvalue weighted by atomic mass is 19.4. The van der Waals surface area contributed by atoms with E-state index in [1.165, 1.54) is 36.4 Å². The van der Waals surface area contributed by atoms with Crippen molar-refractivity contribution in [2.24, 2.45) is 0 Å². The van der Waals surface area contributed by atoms with E-state index in [2.05, 4.69) is 10.3 Å². The molecular weight excluding hydrogens is 335 g/mol. The predicted octanol–water partition coefficient (Wildman–Crippen LogP) is 0.332. The van der Waals surface area contributed by atoms with Crippen LogP contribution in [0.25, 0.3) is 0 Å². The maximum absolute atomic E-state index is 13.7. The van der Waals surface area contributed by atoms with E-state index in [9.17, 15) is 22.8 Å². The van der Waals surface area contributed by atoms with E-state index in [1.54, 1.807) is 29.6 Å². The normalized spacial score (nSPS) is 20.0. The van der Waals surface area contributed by atoms with Crippen LogP contribution >= 0.6 is 0 Å². The summed E-state index contributed by atoms with van der Waals surface area (Å²) < 4.78 is 41.0. The van der Waals surface area contributed by atoms with Gasteiger partial charge in [0.05, 0.1) is 5.56 Å². The zero-order valence-corrected chi connectivity index (χ0v) is 12.7. The number of nitrogens with one attached hydrogen (secondary N) is 3. The van der Waals surface area contributed by atoms with E-state index >= 15 is 0 Å². The first-order valence-corrected chi connectivity index (χ1v) is 7.30. The minimum absolute atomic E-state index is 0.00823. The van der Waals surface area contributed by atoms with Gasteiger partial charge >= 0.3 is 17.7 Å². The average Bonchev–Trinajstić information content (AvgIpc) is 2.94. The van der Waals surface area contributed by atoms with Gasteiger partial charge < -0.3 is 0 Å². The van der Waals surface area contributed by atoms with Gasteiger partial charge in [-0.15, -0.1) is 0 Å². The summed E-state index contributed by atoms with van der Waals surface area (Å²) in [5.74, 6) is -2.55. The van der Waals surface area contributed by atoms with E-state index in [1.807, 2.05) is 0 Å². The van der Waals surface area contributed by atoms with E-state index in [0.717, 1.165) is 0 Å². The monoisotopic (exact) mass is 348 g/mol. The molecule has 0 spiro atoms. The Hall–Kier alpha value is -3.16. The van der Waals surface area contributed by atoms with E-state index in [4.69, 9.17) is 0 Å². The molecule has 3 rings (SSSR count). The summed E-state index contributed by atoms with van der Waals surface area (Å²) in [5, 5.41) is 3.95. The standard InChI is InChI=1S/C17H12F3N3O2/c18-17(19,20)16(23-14(24)12-9-5-2-6-10-12)15(25)21-13(22-16)11-7-3-1-4-8-11/h1-10H,(H,23,24)(H,21,22,25)/p+1/t16-/m0/s1. The topological polar surface area (TPSA) is 72.2 Å². The molecule has 0 aromatic heterocycles. The Labute approximate surface area is 140 Å². The van der Waals surface area contributed by atoms with Gasteiger partial charge in [0.25, 0.3) is 11.7 Å². The smallest absolute Gasteiger partial charge is 0.293 e. The highest BCUT2D eigenvalue weighted by Gasteiger charge is 2.70. The average molecular weight is 348 g/mol. The first-order chi connectivity index (χ1) is 11.8. The van der Waals surface area contributed by atoms with E-state index in [-0.39, 0.29) is 11.4 Å². The van der Waals surface area contributed by atoms with Crippen molar-refractivity contribution in [3.8, 4) is 0 Å². The maximum atomic E-state index is 13.7. The number of benzene rings is 2. The number of halogens is 3. The van der Waals surface area contributed by atoms with Gasteiger partial charge in [0.2, 0.25) is 0 Å². The second-order valence-corrected chi connectivity index (χ2v) is 5.39. The molecule has 0 saturated carbocycles. The summed E-state index contributed by atoms with van der Waals surface area (Å²) in [7, 11) is 0. The molecule has 0 saturated heterocycles. The Balaban J connectivity index is 2.01. The molecule has 1 aliphatic heterocycles. The van der Waals surface area contributed by atoms with Gasteiger partial charge in [-0.05, 0) is 24.3 Å². The van der Waals surface area contributed by atoms with Crippen molar-refractivity contribution in [1.29, 1.82) is 0 Å². The molecule has 2 aromatic rings. The lowest BCUT2D eigenvalue weighted by molar-refractivity contribution is -0.580. The van der Waals surface area contributed by atoms with Crippen molar-refractivity contribution in [2.75, 3.05) is 0 Å². The Morgan fingerprint density at radius 2 is 1.56 bits per heavy atom. The Kier molecular flexibility index (Phi) is 4.03. The summed E-state index contributed by atoms with van der Waals surface area (Å²) in [5.41, 5.74) is -2.88. The number of amides is 2. The lowest BCUT2D eigenvalue weighted by Gasteiger charge is -2.23. The fourth-order valence-corrected chi connectivity index (χ4v) is 2.42. The fourth-order valence-electron chi connectivity index (χ4n) is 2.42. The Bertz CT molecular complexity index is 835. The van der Waals surface area contributed by atoms with E-state index < -0.39 is 23.7 Å². The second kappa shape index (κ2) is 6.04. The minimum Gasteiger partial charge on any atom is -0.293 e. The number of alkyl halides is 3. The molecule has 0 fully saturated rings. The van der Waals surface area contributed by atoms with Crippen LogP contribution in [-0.2, 0) is 4.79 Å². The van der Waals surface area contributed by atoms with Gasteiger partial charge in [0.1, 0.15) is 0 Å². The molecule has 2 aromatic carbocycles. The van der Waals surface area contributed by atoms with Crippen LogP contribution in [0.2, 0.25) is 0 Å². The molecule has 5 nitrogen and oxygen atoms in total. The molecule has 0 radical (unpaired) electrons. The molecule has 1 aliphatic rings. The lowest BCUT2D eigenvalue weighted by atomic mass is 10.1. The molecule has 2 amide bonds. The van der Waals surface area contributed by atoms with Crippen LogP contribution in [0.3, 0.4) is 0 Å². The third-order valence-corrected chi connectivity index (χ3v) is 3.72. The molecular formula is C17H13F3N3O2+. The van der Waals surface area contributed by atoms with E-state index in [0.29, 0.717) is 5.56 Å². The number of carbonyl (C=O) groups is 2. The molecule has 1 atom stereocenters. The van der Waals surface area contributed by atoms with Crippen molar-refractivity contribution < 1.29 is 27.8 Å². The highest BCUT2D eigenvalue weighted by molar-refractivity contribution is 6.11. The summed E-state index contributed by atoms with van der Waals surface area (Å²) in [6, 6.07) is 15.4. The summed E-state index contributed by atoms with van der Waals surface area (Å²) >= 11 is 0. The molecule has 3 N–H and O–H groups in total. The number of carbonyl (C=O) groups excluding carboxylic acids is 2. The highest BCUT2D eigenvalue weighted by Crippen LogP contribution is 2.27. The molecule has 128 valence electrons. The molecule has 1 heterocycles. The number of amidine groups is 1. The van der Waals surface area contributed by atoms with Crippen LogP contribution in [0.1, 0.15) is 15.9 Å². The van der Waals surface area contributed by atoms with Gasteiger partial charge in [0, 0.05) is 5.56 Å². The quantitative estimate of drug-likeness (QED) is 0.748. The maximum Gasteiger partial charge on any atom is 0.465 e. The van der Waals surface area contributed by atoms with Crippen molar-refractivity contribution in [2.45, 2.75) is 11.8 Å². The largest absolute Gasteiger partial charge is 0.465 e. The molecule has 0 bridgehead atoms.